The van der Waals surface area contributed by atoms with Gasteiger partial charge in [-0.15, -0.1) is 0 Å². The summed E-state index contributed by atoms with van der Waals surface area (Å²) in [4.78, 5) is 20.3. The zero-order chi connectivity index (χ0) is 7.82. The summed E-state index contributed by atoms with van der Waals surface area (Å²) in [7, 11) is 0. The summed E-state index contributed by atoms with van der Waals surface area (Å²) in [6.07, 6.45) is 2.88. The van der Waals surface area contributed by atoms with Crippen LogP contribution in [0.1, 0.15) is 32.6 Å². The molecule has 0 unspecified atom stereocenters. The first-order valence-corrected chi connectivity index (χ1v) is 3.62. The van der Waals surface area contributed by atoms with Crippen molar-refractivity contribution < 1.29 is 4.79 Å². The smallest absolute Gasteiger partial charge is 0.134 e. The Morgan fingerprint density at radius 3 is 2.60 bits per heavy atom. The Bertz CT molecular complexity index is 112. The molecule has 0 radical (unpaired) electrons. The lowest BCUT2D eigenvalue weighted by molar-refractivity contribution is -0.118. The van der Waals surface area contributed by atoms with Crippen molar-refractivity contribution in [1.29, 1.82) is 0 Å². The van der Waals surface area contributed by atoms with E-state index in [0.717, 1.165) is 12.8 Å². The summed E-state index contributed by atoms with van der Waals surface area (Å²) in [6.45, 7) is 2.17. The average molecular weight is 143 g/mol. The summed E-state index contributed by atoms with van der Waals surface area (Å²) in [5.74, 6) is 0.154. The van der Waals surface area contributed by atoms with Gasteiger partial charge in [0.25, 0.3) is 0 Å². The van der Waals surface area contributed by atoms with Gasteiger partial charge in [0.15, 0.2) is 0 Å². The molecule has 58 valence electrons. The Morgan fingerprint density at radius 1 is 1.40 bits per heavy atom. The number of carbonyl (C=O) groups excluding carboxylic acids is 1. The minimum atomic E-state index is 0.141. The summed E-state index contributed by atoms with van der Waals surface area (Å²) in [5, 5.41) is 2.61. The highest BCUT2D eigenvalue weighted by Crippen LogP contribution is 1.97. The van der Waals surface area contributed by atoms with Crippen LogP contribution in [0, 0.1) is 4.91 Å². The molecule has 3 heteroatoms. The Balaban J connectivity index is 3.16. The van der Waals surface area contributed by atoms with Crippen molar-refractivity contribution in [3.05, 3.63) is 4.91 Å². The second kappa shape index (κ2) is 6.39. The van der Waals surface area contributed by atoms with Crippen LogP contribution >= 0.6 is 0 Å². The van der Waals surface area contributed by atoms with Gasteiger partial charge in [-0.1, -0.05) is 18.5 Å². The lowest BCUT2D eigenvalue weighted by Gasteiger charge is -1.93. The highest BCUT2D eigenvalue weighted by Gasteiger charge is 1.99. The molecule has 0 atom stereocenters. The number of hydrogen-bond acceptors (Lipinski definition) is 3. The van der Waals surface area contributed by atoms with Crippen molar-refractivity contribution in [2.24, 2.45) is 5.18 Å². The van der Waals surface area contributed by atoms with Crippen LogP contribution in [0.4, 0.5) is 0 Å². The maximum atomic E-state index is 10.8. The first-order valence-electron chi connectivity index (χ1n) is 3.62. The van der Waals surface area contributed by atoms with E-state index >= 15 is 0 Å². The third-order valence-corrected chi connectivity index (χ3v) is 1.29. The molecule has 0 aliphatic carbocycles. The van der Waals surface area contributed by atoms with Gasteiger partial charge in [0, 0.05) is 12.8 Å². The molecule has 0 bridgehead atoms. The minimum absolute atomic E-state index is 0.141. The molecule has 0 aromatic rings. The molecular weight excluding hydrogens is 130 g/mol. The van der Waals surface area contributed by atoms with Gasteiger partial charge in [-0.2, -0.15) is 4.91 Å². The fraction of sp³-hybridized carbons (Fsp3) is 0.857. The van der Waals surface area contributed by atoms with Crippen LogP contribution in [0.5, 0.6) is 0 Å². The zero-order valence-electron chi connectivity index (χ0n) is 6.30. The fourth-order valence-electron chi connectivity index (χ4n) is 0.669. The van der Waals surface area contributed by atoms with Gasteiger partial charge in [0.05, 0.1) is 6.54 Å². The van der Waals surface area contributed by atoms with Crippen LogP contribution in [0.2, 0.25) is 0 Å². The van der Waals surface area contributed by atoms with Crippen LogP contribution < -0.4 is 0 Å². The Morgan fingerprint density at radius 2 is 2.10 bits per heavy atom. The predicted molar refractivity (Wildman–Crippen MR) is 39.8 cm³/mol. The predicted octanol–water partition coefficient (Wildman–Crippen LogP) is 1.90. The van der Waals surface area contributed by atoms with Crippen molar-refractivity contribution in [2.75, 3.05) is 6.54 Å². The molecular formula is C7H13NO2. The summed E-state index contributed by atoms with van der Waals surface area (Å²) in [5.41, 5.74) is 0. The van der Waals surface area contributed by atoms with E-state index < -0.39 is 0 Å². The van der Waals surface area contributed by atoms with Crippen molar-refractivity contribution in [3.63, 3.8) is 0 Å². The maximum absolute atomic E-state index is 10.8. The van der Waals surface area contributed by atoms with Crippen molar-refractivity contribution in [1.82, 2.24) is 0 Å². The van der Waals surface area contributed by atoms with E-state index in [1.807, 2.05) is 6.92 Å². The molecule has 3 nitrogen and oxygen atoms in total. The number of unbranched alkanes of at least 4 members (excludes halogenated alkanes) is 1. The van der Waals surface area contributed by atoms with Crippen LogP contribution in [0.3, 0.4) is 0 Å². The number of Topliss-reactive ketones (excluding diaryl/α,β-unsaturated/α-hetero) is 1. The summed E-state index contributed by atoms with van der Waals surface area (Å²) in [6, 6.07) is 0. The van der Waals surface area contributed by atoms with Gasteiger partial charge in [-0.25, -0.2) is 0 Å². The average Bonchev–Trinajstić information content (AvgIpc) is 1.97. The molecule has 0 rings (SSSR count). The molecule has 0 saturated carbocycles. The lowest BCUT2D eigenvalue weighted by atomic mass is 10.1. The van der Waals surface area contributed by atoms with E-state index in [0.29, 0.717) is 12.8 Å². The first-order chi connectivity index (χ1) is 4.81. The minimum Gasteiger partial charge on any atom is -0.300 e. The van der Waals surface area contributed by atoms with Gasteiger partial charge in [-0.3, -0.25) is 4.79 Å². The highest BCUT2D eigenvalue weighted by molar-refractivity contribution is 5.78. The second-order valence-electron chi connectivity index (χ2n) is 2.24. The topological polar surface area (TPSA) is 46.5 Å². The van der Waals surface area contributed by atoms with Gasteiger partial charge >= 0.3 is 0 Å². The van der Waals surface area contributed by atoms with Crippen LogP contribution in [0.15, 0.2) is 5.18 Å². The fourth-order valence-corrected chi connectivity index (χ4v) is 0.669. The van der Waals surface area contributed by atoms with Crippen LogP contribution in [-0.4, -0.2) is 12.3 Å². The van der Waals surface area contributed by atoms with E-state index in [1.165, 1.54) is 0 Å². The van der Waals surface area contributed by atoms with Gasteiger partial charge < -0.3 is 0 Å². The lowest BCUT2D eigenvalue weighted by Crippen LogP contribution is -1.98. The number of nitrogens with zero attached hydrogens (tertiary/aromatic N) is 1. The normalized spacial score (nSPS) is 9.30. The van der Waals surface area contributed by atoms with E-state index in [4.69, 9.17) is 0 Å². The van der Waals surface area contributed by atoms with Gasteiger partial charge in [0.2, 0.25) is 0 Å². The third-order valence-electron chi connectivity index (χ3n) is 1.29. The molecule has 0 spiro atoms. The van der Waals surface area contributed by atoms with E-state index in [2.05, 4.69) is 5.18 Å². The molecule has 0 N–H and O–H groups in total. The van der Waals surface area contributed by atoms with Crippen LogP contribution in [0.25, 0.3) is 0 Å². The molecule has 0 aliphatic heterocycles. The number of ketones is 1. The standard InChI is InChI=1S/C7H13NO2/c1-2-3-4-7(9)5-6-8-10/h2-6H2,1H3. The Kier molecular flexibility index (Phi) is 5.92. The quantitative estimate of drug-likeness (QED) is 0.533. The summed E-state index contributed by atoms with van der Waals surface area (Å²) < 4.78 is 0. The first kappa shape index (κ1) is 9.27. The SMILES string of the molecule is CCCCC(=O)CCN=O. The number of rotatable bonds is 6. The third kappa shape index (κ3) is 5.41. The largest absolute Gasteiger partial charge is 0.300 e. The Labute approximate surface area is 60.8 Å². The van der Waals surface area contributed by atoms with Crippen LogP contribution in [-0.2, 0) is 4.79 Å². The number of hydrogen-bond donors (Lipinski definition) is 0. The molecule has 0 aromatic heterocycles. The maximum Gasteiger partial charge on any atom is 0.134 e. The van der Waals surface area contributed by atoms with Gasteiger partial charge in [0.1, 0.15) is 5.78 Å². The molecule has 0 fully saturated rings. The van der Waals surface area contributed by atoms with Gasteiger partial charge in [-0.05, 0) is 6.42 Å². The zero-order valence-corrected chi connectivity index (χ0v) is 6.30. The molecule has 10 heavy (non-hydrogen) atoms. The summed E-state index contributed by atoms with van der Waals surface area (Å²) >= 11 is 0. The molecule has 0 aromatic carbocycles. The number of carbonyl (C=O) groups is 1. The molecule has 0 heterocycles. The molecule has 0 saturated heterocycles. The van der Waals surface area contributed by atoms with Crippen molar-refractivity contribution in [3.8, 4) is 0 Å². The van der Waals surface area contributed by atoms with Crippen molar-refractivity contribution in [2.45, 2.75) is 32.6 Å². The van der Waals surface area contributed by atoms with E-state index in [1.54, 1.807) is 0 Å². The Hall–Kier alpha value is -0.730. The molecule has 0 aliphatic rings. The monoisotopic (exact) mass is 143 g/mol. The van der Waals surface area contributed by atoms with E-state index in [-0.39, 0.29) is 12.3 Å². The molecule has 0 amide bonds. The second-order valence-corrected chi connectivity index (χ2v) is 2.24. The van der Waals surface area contributed by atoms with Crippen molar-refractivity contribution >= 4 is 5.78 Å². The van der Waals surface area contributed by atoms with E-state index in [9.17, 15) is 9.70 Å². The number of nitroso groups, excluding NO2 is 1. The highest BCUT2D eigenvalue weighted by atomic mass is 16.3.